The number of esters is 1. The molecule has 0 heterocycles. The van der Waals surface area contributed by atoms with E-state index in [9.17, 15) is 19.8 Å². The molecule has 88 heavy (non-hydrogen) atoms. The van der Waals surface area contributed by atoms with Crippen molar-refractivity contribution in [3.05, 3.63) is 48.6 Å². The number of ether oxygens (including phenoxy) is 1. The van der Waals surface area contributed by atoms with Gasteiger partial charge in [-0.05, 0) is 83.5 Å². The van der Waals surface area contributed by atoms with Crippen LogP contribution in [0.15, 0.2) is 48.6 Å². The van der Waals surface area contributed by atoms with Gasteiger partial charge in [-0.1, -0.05) is 390 Å². The minimum Gasteiger partial charge on any atom is -0.466 e. The van der Waals surface area contributed by atoms with Crippen molar-refractivity contribution in [2.24, 2.45) is 0 Å². The molecule has 0 bridgehead atoms. The first kappa shape index (κ1) is 85.8. The molecule has 0 aromatic rings. The third-order valence-corrected chi connectivity index (χ3v) is 18.6. The van der Waals surface area contributed by atoms with E-state index in [0.717, 1.165) is 57.8 Å². The number of hydrogen-bond acceptors (Lipinski definition) is 5. The molecule has 6 nitrogen and oxygen atoms in total. The average molecular weight is 1240 g/mol. The maximum atomic E-state index is 12.6. The van der Waals surface area contributed by atoms with Gasteiger partial charge in [0.15, 0.2) is 0 Å². The van der Waals surface area contributed by atoms with E-state index in [1.54, 1.807) is 0 Å². The fourth-order valence-corrected chi connectivity index (χ4v) is 12.5. The van der Waals surface area contributed by atoms with Gasteiger partial charge in [0.05, 0.1) is 25.4 Å². The van der Waals surface area contributed by atoms with Crippen molar-refractivity contribution < 1.29 is 24.5 Å². The van der Waals surface area contributed by atoms with E-state index in [2.05, 4.69) is 67.8 Å². The molecule has 2 atom stereocenters. The Hall–Kier alpha value is -2.18. The van der Waals surface area contributed by atoms with Crippen molar-refractivity contribution in [2.75, 3.05) is 13.2 Å². The standard InChI is InChI=1S/C82H155NO5/c1-3-5-7-9-11-13-15-17-18-19-20-21-22-32-35-38-41-44-47-51-54-58-62-66-70-74-80(85)79(78-84)83-81(86)75-71-67-63-59-55-52-48-45-42-39-36-33-30-28-26-24-23-25-27-29-31-34-37-40-43-46-49-53-57-61-65-69-73-77-88-82(87)76-72-68-64-60-56-50-16-14-12-10-8-6-4-2/h8,10,14,16,27,29,34,37,79-80,84-85H,3-7,9,11-13,15,17-26,28,30-33,35-36,38-78H2,1-2H3,(H,83,86)/b10-8-,16-14-,29-27-,37-34-. The Morgan fingerprint density at radius 1 is 0.318 bits per heavy atom. The molecule has 0 aliphatic carbocycles. The van der Waals surface area contributed by atoms with Gasteiger partial charge in [0.1, 0.15) is 0 Å². The van der Waals surface area contributed by atoms with Gasteiger partial charge in [-0.3, -0.25) is 9.59 Å². The van der Waals surface area contributed by atoms with Crippen LogP contribution >= 0.6 is 0 Å². The van der Waals surface area contributed by atoms with Gasteiger partial charge < -0.3 is 20.3 Å². The fraction of sp³-hybridized carbons (Fsp3) is 0.878. The molecule has 0 fully saturated rings. The highest BCUT2D eigenvalue weighted by Gasteiger charge is 2.20. The van der Waals surface area contributed by atoms with Crippen LogP contribution in [0.1, 0.15) is 438 Å². The second-order valence-corrected chi connectivity index (χ2v) is 27.4. The number of aliphatic hydroxyl groups is 2. The third-order valence-electron chi connectivity index (χ3n) is 18.6. The number of allylic oxidation sites excluding steroid dienone is 8. The minimum atomic E-state index is -0.665. The summed E-state index contributed by atoms with van der Waals surface area (Å²) >= 11 is 0. The van der Waals surface area contributed by atoms with Crippen molar-refractivity contribution in [1.29, 1.82) is 0 Å². The number of aliphatic hydroxyl groups excluding tert-OH is 2. The first-order chi connectivity index (χ1) is 43.5. The van der Waals surface area contributed by atoms with Crippen LogP contribution in [0.3, 0.4) is 0 Å². The quantitative estimate of drug-likeness (QED) is 0.0320. The lowest BCUT2D eigenvalue weighted by atomic mass is 10.0. The number of hydrogen-bond donors (Lipinski definition) is 3. The summed E-state index contributed by atoms with van der Waals surface area (Å²) in [7, 11) is 0. The molecule has 0 aromatic carbocycles. The number of rotatable bonds is 75. The van der Waals surface area contributed by atoms with E-state index >= 15 is 0 Å². The Morgan fingerprint density at radius 3 is 0.909 bits per heavy atom. The fourth-order valence-electron chi connectivity index (χ4n) is 12.5. The van der Waals surface area contributed by atoms with Gasteiger partial charge in [-0.2, -0.15) is 0 Å². The van der Waals surface area contributed by atoms with Crippen LogP contribution in [-0.4, -0.2) is 47.4 Å². The normalized spacial score (nSPS) is 12.7. The van der Waals surface area contributed by atoms with Gasteiger partial charge >= 0.3 is 5.97 Å². The molecule has 0 aromatic heterocycles. The molecule has 0 aliphatic heterocycles. The molecular formula is C82H155NO5. The summed E-state index contributed by atoms with van der Waals surface area (Å²) in [5, 5.41) is 23.5. The van der Waals surface area contributed by atoms with Crippen molar-refractivity contribution in [3.8, 4) is 0 Å². The van der Waals surface area contributed by atoms with Gasteiger partial charge in [0, 0.05) is 12.8 Å². The van der Waals surface area contributed by atoms with Crippen molar-refractivity contribution in [1.82, 2.24) is 5.32 Å². The lowest BCUT2D eigenvalue weighted by Crippen LogP contribution is -2.45. The SMILES string of the molecule is CCC/C=C\C/C=C\CCCCCCCC(=O)OCCCCCCCCCCC/C=C\C/C=C\CCCCCCCCCCCCCCCCCCCC(=O)NC(CO)C(O)CCCCCCCCCCCCCCCCCCCCCCCCCCC. The molecule has 3 N–H and O–H groups in total. The van der Waals surface area contributed by atoms with E-state index in [-0.39, 0.29) is 18.5 Å². The summed E-state index contributed by atoms with van der Waals surface area (Å²) in [6.07, 6.45) is 102. The van der Waals surface area contributed by atoms with Crippen molar-refractivity contribution in [2.45, 2.75) is 450 Å². The summed E-state index contributed by atoms with van der Waals surface area (Å²) in [6, 6.07) is -0.542. The third kappa shape index (κ3) is 72.9. The molecule has 1 amide bonds. The highest BCUT2D eigenvalue weighted by atomic mass is 16.5. The number of unbranched alkanes of at least 4 members (excludes halogenated alkanes) is 56. The van der Waals surface area contributed by atoms with Crippen LogP contribution in [-0.2, 0) is 14.3 Å². The van der Waals surface area contributed by atoms with Crippen LogP contribution in [0.4, 0.5) is 0 Å². The molecule has 0 aliphatic rings. The zero-order chi connectivity index (χ0) is 63.5. The predicted octanol–water partition coefficient (Wildman–Crippen LogP) is 26.4. The highest BCUT2D eigenvalue weighted by molar-refractivity contribution is 5.76. The number of carbonyl (C=O) groups excluding carboxylic acids is 2. The van der Waals surface area contributed by atoms with E-state index < -0.39 is 12.1 Å². The molecule has 0 saturated heterocycles. The van der Waals surface area contributed by atoms with Gasteiger partial charge in [-0.15, -0.1) is 0 Å². The van der Waals surface area contributed by atoms with Crippen LogP contribution in [0.2, 0.25) is 0 Å². The molecule has 0 rings (SSSR count). The monoisotopic (exact) mass is 1230 g/mol. The topological polar surface area (TPSA) is 95.9 Å². The summed E-state index contributed by atoms with van der Waals surface area (Å²) in [5.41, 5.74) is 0. The van der Waals surface area contributed by atoms with E-state index in [1.165, 1.54) is 347 Å². The first-order valence-corrected chi connectivity index (χ1v) is 39.9. The molecule has 518 valence electrons. The molecular weight excluding hydrogens is 1080 g/mol. The van der Waals surface area contributed by atoms with E-state index in [0.29, 0.717) is 25.9 Å². The lowest BCUT2D eigenvalue weighted by Gasteiger charge is -2.22. The second kappa shape index (κ2) is 77.3. The Morgan fingerprint density at radius 2 is 0.591 bits per heavy atom. The number of amides is 1. The second-order valence-electron chi connectivity index (χ2n) is 27.4. The highest BCUT2D eigenvalue weighted by Crippen LogP contribution is 2.20. The van der Waals surface area contributed by atoms with Crippen LogP contribution < -0.4 is 5.32 Å². The summed E-state index contributed by atoms with van der Waals surface area (Å²) in [5.74, 6) is -0.0287. The van der Waals surface area contributed by atoms with Crippen molar-refractivity contribution in [3.63, 3.8) is 0 Å². The first-order valence-electron chi connectivity index (χ1n) is 39.9. The smallest absolute Gasteiger partial charge is 0.305 e. The average Bonchev–Trinajstić information content (AvgIpc) is 3.54. The van der Waals surface area contributed by atoms with Crippen LogP contribution in [0.25, 0.3) is 0 Å². The molecule has 2 unspecified atom stereocenters. The molecule has 0 saturated carbocycles. The largest absolute Gasteiger partial charge is 0.466 e. The van der Waals surface area contributed by atoms with Gasteiger partial charge in [0.25, 0.3) is 0 Å². The Kier molecular flexibility index (Phi) is 75.4. The zero-order valence-electron chi connectivity index (χ0n) is 59.5. The van der Waals surface area contributed by atoms with Crippen LogP contribution in [0, 0.1) is 0 Å². The maximum absolute atomic E-state index is 12.6. The zero-order valence-corrected chi connectivity index (χ0v) is 59.5. The molecule has 0 radical (unpaired) electrons. The Labute approximate surface area is 550 Å². The number of carbonyl (C=O) groups is 2. The van der Waals surface area contributed by atoms with Gasteiger partial charge in [-0.25, -0.2) is 0 Å². The lowest BCUT2D eigenvalue weighted by molar-refractivity contribution is -0.143. The molecule has 0 spiro atoms. The van der Waals surface area contributed by atoms with E-state index in [1.807, 2.05) is 0 Å². The summed E-state index contributed by atoms with van der Waals surface area (Å²) in [6.45, 7) is 4.92. The minimum absolute atomic E-state index is 0.000821. The summed E-state index contributed by atoms with van der Waals surface area (Å²) < 4.78 is 5.47. The predicted molar refractivity (Wildman–Crippen MR) is 389 cm³/mol. The van der Waals surface area contributed by atoms with Crippen LogP contribution in [0.5, 0.6) is 0 Å². The Balaban J connectivity index is 3.39. The summed E-state index contributed by atoms with van der Waals surface area (Å²) in [4.78, 5) is 24.6. The molecule has 6 heteroatoms. The van der Waals surface area contributed by atoms with E-state index in [4.69, 9.17) is 4.74 Å². The van der Waals surface area contributed by atoms with Crippen molar-refractivity contribution >= 4 is 11.9 Å². The Bertz CT molecular complexity index is 1470. The maximum Gasteiger partial charge on any atom is 0.305 e. The number of nitrogens with one attached hydrogen (secondary N) is 1. The van der Waals surface area contributed by atoms with Gasteiger partial charge in [0.2, 0.25) is 5.91 Å².